The van der Waals surface area contributed by atoms with Gasteiger partial charge in [-0.1, -0.05) is 50.4 Å². The minimum absolute atomic E-state index is 0.00724. The van der Waals surface area contributed by atoms with E-state index < -0.39 is 9.84 Å². The van der Waals surface area contributed by atoms with Gasteiger partial charge in [0, 0.05) is 11.8 Å². The lowest BCUT2D eigenvalue weighted by Crippen LogP contribution is -2.10. The lowest BCUT2D eigenvalue weighted by molar-refractivity contribution is 0.257. The van der Waals surface area contributed by atoms with Gasteiger partial charge in [-0.25, -0.2) is 8.42 Å². The highest BCUT2D eigenvalue weighted by atomic mass is 35.5. The molecule has 2 aromatic carbocycles. The Morgan fingerprint density at radius 2 is 1.45 bits per heavy atom. The van der Waals surface area contributed by atoms with Crippen molar-refractivity contribution in [3.8, 4) is 11.5 Å². The molecule has 0 saturated carbocycles. The summed E-state index contributed by atoms with van der Waals surface area (Å²) < 4.78 is 37.2. The molecule has 2 unspecified atom stereocenters. The Hall–Kier alpha value is -1.14. The van der Waals surface area contributed by atoms with E-state index in [1.807, 2.05) is 13.8 Å². The molecule has 0 aromatic heterocycles. The first-order valence-electron chi connectivity index (χ1n) is 9.34. The number of hydrogen-bond donors (Lipinski definition) is 0. The number of rotatable bonds is 10. The van der Waals surface area contributed by atoms with Crippen LogP contribution in [0.15, 0.2) is 46.2 Å². The van der Waals surface area contributed by atoms with Crippen LogP contribution in [0.2, 0.25) is 10.0 Å². The van der Waals surface area contributed by atoms with Gasteiger partial charge in [0.05, 0.1) is 33.0 Å². The van der Waals surface area contributed by atoms with E-state index in [9.17, 15) is 8.42 Å². The Labute approximate surface area is 188 Å². The predicted molar refractivity (Wildman–Crippen MR) is 119 cm³/mol. The van der Waals surface area contributed by atoms with Crippen LogP contribution in [0.4, 0.5) is 0 Å². The van der Waals surface area contributed by atoms with Gasteiger partial charge in [0.15, 0.2) is 5.75 Å². The van der Waals surface area contributed by atoms with Crippen molar-refractivity contribution in [2.24, 2.45) is 11.8 Å². The highest BCUT2D eigenvalue weighted by Gasteiger charge is 2.22. The number of ether oxygens (including phenoxy) is 2. The molecule has 0 spiro atoms. The molecule has 0 N–H and O–H groups in total. The maximum absolute atomic E-state index is 13.0. The van der Waals surface area contributed by atoms with Crippen molar-refractivity contribution in [3.63, 3.8) is 0 Å². The predicted octanol–water partition coefficient (Wildman–Crippen LogP) is 6.50. The standard InChI is InChI=1S/C21H25Cl3O4S/c1-4-14(2)12-28-21-19(23)9-18(10-20(21)24)29(25,26)17-7-5-16(6-8-17)27-13-15(3)11-22/h5-10,14-15H,4,11-13H2,1-3H3. The molecule has 8 heteroatoms. The molecule has 0 bridgehead atoms. The number of halogens is 3. The van der Waals surface area contributed by atoms with Crippen LogP contribution in [0.3, 0.4) is 0 Å². The van der Waals surface area contributed by atoms with Gasteiger partial charge in [0.2, 0.25) is 9.84 Å². The Morgan fingerprint density at radius 1 is 0.897 bits per heavy atom. The second kappa shape index (κ2) is 10.8. The number of benzene rings is 2. The minimum atomic E-state index is -3.79. The zero-order valence-electron chi connectivity index (χ0n) is 16.6. The van der Waals surface area contributed by atoms with Crippen molar-refractivity contribution in [3.05, 3.63) is 46.4 Å². The molecule has 2 atom stereocenters. The van der Waals surface area contributed by atoms with Crippen LogP contribution < -0.4 is 9.47 Å². The van der Waals surface area contributed by atoms with Crippen LogP contribution in [-0.2, 0) is 9.84 Å². The molecule has 0 radical (unpaired) electrons. The van der Waals surface area contributed by atoms with E-state index >= 15 is 0 Å². The molecular formula is C21H25Cl3O4S. The smallest absolute Gasteiger partial charge is 0.206 e. The number of hydrogen-bond acceptors (Lipinski definition) is 4. The third-order valence-corrected chi connectivity index (χ3v) is 7.26. The average Bonchev–Trinajstić information content (AvgIpc) is 2.71. The van der Waals surface area contributed by atoms with Crippen LogP contribution in [0, 0.1) is 11.8 Å². The number of alkyl halides is 1. The normalized spacial score (nSPS) is 13.7. The summed E-state index contributed by atoms with van der Waals surface area (Å²) in [4.78, 5) is 0.128. The van der Waals surface area contributed by atoms with Crippen molar-refractivity contribution < 1.29 is 17.9 Å². The fourth-order valence-electron chi connectivity index (χ4n) is 2.31. The minimum Gasteiger partial charge on any atom is -0.493 e. The molecule has 0 aliphatic heterocycles. The Balaban J connectivity index is 2.22. The summed E-state index contributed by atoms with van der Waals surface area (Å²) >= 11 is 18.3. The Kier molecular flexibility index (Phi) is 8.95. The van der Waals surface area contributed by atoms with E-state index in [0.29, 0.717) is 36.5 Å². The van der Waals surface area contributed by atoms with Crippen LogP contribution in [0.5, 0.6) is 11.5 Å². The molecular weight excluding hydrogens is 455 g/mol. The molecule has 4 nitrogen and oxygen atoms in total. The van der Waals surface area contributed by atoms with Gasteiger partial charge < -0.3 is 9.47 Å². The van der Waals surface area contributed by atoms with E-state index in [-0.39, 0.29) is 25.8 Å². The average molecular weight is 480 g/mol. The van der Waals surface area contributed by atoms with Crippen LogP contribution >= 0.6 is 34.8 Å². The third-order valence-electron chi connectivity index (χ3n) is 4.42. The van der Waals surface area contributed by atoms with Gasteiger partial charge in [0.1, 0.15) is 5.75 Å². The first kappa shape index (κ1) is 24.1. The molecule has 160 valence electrons. The van der Waals surface area contributed by atoms with Gasteiger partial charge in [-0.2, -0.15) is 0 Å². The van der Waals surface area contributed by atoms with Crippen molar-refractivity contribution in [1.29, 1.82) is 0 Å². The first-order chi connectivity index (χ1) is 13.7. The molecule has 0 heterocycles. The fourth-order valence-corrected chi connectivity index (χ4v) is 4.43. The molecule has 2 aromatic rings. The molecule has 29 heavy (non-hydrogen) atoms. The van der Waals surface area contributed by atoms with Crippen LogP contribution in [0.25, 0.3) is 0 Å². The summed E-state index contributed by atoms with van der Waals surface area (Å²) in [6.45, 7) is 6.98. The molecule has 0 saturated heterocycles. The van der Waals surface area contributed by atoms with Crippen LogP contribution in [-0.4, -0.2) is 27.5 Å². The van der Waals surface area contributed by atoms with Gasteiger partial charge in [-0.3, -0.25) is 0 Å². The third kappa shape index (κ3) is 6.42. The van der Waals surface area contributed by atoms with Crippen molar-refractivity contribution >= 4 is 44.6 Å². The molecule has 0 aliphatic rings. The summed E-state index contributed by atoms with van der Waals surface area (Å²) in [6.07, 6.45) is 0.951. The van der Waals surface area contributed by atoms with E-state index in [1.165, 1.54) is 24.3 Å². The highest BCUT2D eigenvalue weighted by Crippen LogP contribution is 2.37. The van der Waals surface area contributed by atoms with Crippen molar-refractivity contribution in [2.75, 3.05) is 19.1 Å². The Bertz CT molecular complexity index is 891. The van der Waals surface area contributed by atoms with E-state index in [1.54, 1.807) is 12.1 Å². The van der Waals surface area contributed by atoms with Crippen molar-refractivity contribution in [1.82, 2.24) is 0 Å². The largest absolute Gasteiger partial charge is 0.493 e. The number of sulfone groups is 1. The Morgan fingerprint density at radius 3 is 1.97 bits per heavy atom. The summed E-state index contributed by atoms with van der Waals surface area (Å²) in [6, 6.07) is 8.93. The monoisotopic (exact) mass is 478 g/mol. The summed E-state index contributed by atoms with van der Waals surface area (Å²) in [5.41, 5.74) is 0. The molecule has 0 aliphatic carbocycles. The van der Waals surface area contributed by atoms with E-state index in [2.05, 4.69) is 6.92 Å². The molecule has 0 amide bonds. The van der Waals surface area contributed by atoms with Gasteiger partial charge in [0.25, 0.3) is 0 Å². The quantitative estimate of drug-likeness (QED) is 0.365. The van der Waals surface area contributed by atoms with E-state index in [0.717, 1.165) is 6.42 Å². The zero-order chi connectivity index (χ0) is 21.6. The first-order valence-corrected chi connectivity index (χ1v) is 12.1. The lowest BCUT2D eigenvalue weighted by Gasteiger charge is -2.15. The second-order valence-corrected chi connectivity index (χ2v) is 10.2. The SMILES string of the molecule is CCC(C)COc1c(Cl)cc(S(=O)(=O)c2ccc(OCC(C)CCl)cc2)cc1Cl. The summed E-state index contributed by atoms with van der Waals surface area (Å²) in [5, 5.41) is 0.323. The zero-order valence-corrected chi connectivity index (χ0v) is 19.7. The summed E-state index contributed by atoms with van der Waals surface area (Å²) in [7, 11) is -3.79. The van der Waals surface area contributed by atoms with E-state index in [4.69, 9.17) is 44.3 Å². The maximum atomic E-state index is 13.0. The maximum Gasteiger partial charge on any atom is 0.206 e. The topological polar surface area (TPSA) is 52.6 Å². The summed E-state index contributed by atoms with van der Waals surface area (Å²) in [5.74, 6) is 1.89. The van der Waals surface area contributed by atoms with Gasteiger partial charge in [-0.15, -0.1) is 11.6 Å². The second-order valence-electron chi connectivity index (χ2n) is 7.09. The molecule has 0 fully saturated rings. The van der Waals surface area contributed by atoms with Gasteiger partial charge >= 0.3 is 0 Å². The van der Waals surface area contributed by atoms with Crippen molar-refractivity contribution in [2.45, 2.75) is 37.0 Å². The highest BCUT2D eigenvalue weighted by molar-refractivity contribution is 7.91. The van der Waals surface area contributed by atoms with Gasteiger partial charge in [-0.05, 0) is 42.3 Å². The van der Waals surface area contributed by atoms with Crippen LogP contribution in [0.1, 0.15) is 27.2 Å². The fraction of sp³-hybridized carbons (Fsp3) is 0.429. The lowest BCUT2D eigenvalue weighted by atomic mass is 10.1. The molecule has 2 rings (SSSR count).